The van der Waals surface area contributed by atoms with E-state index in [1.54, 1.807) is 0 Å². The number of sulfone groups is 1. The van der Waals surface area contributed by atoms with Gasteiger partial charge in [-0.3, -0.25) is 0 Å². The Hall–Kier alpha value is -0.950. The summed E-state index contributed by atoms with van der Waals surface area (Å²) in [6.45, 7) is 1.94. The van der Waals surface area contributed by atoms with Crippen LogP contribution in [0.5, 0.6) is 0 Å². The molecule has 3 rings (SSSR count). The molecule has 0 saturated carbocycles. The molecule has 1 aromatic heterocycles. The molecule has 0 aliphatic carbocycles. The molecule has 2 saturated heterocycles. The lowest BCUT2D eigenvalue weighted by Gasteiger charge is -2.20. The van der Waals surface area contributed by atoms with Gasteiger partial charge in [-0.15, -0.1) is 0 Å². The molecule has 2 aliphatic rings. The topological polar surface area (TPSA) is 85.1 Å². The first-order chi connectivity index (χ1) is 9.62. The molecule has 7 heteroatoms. The Labute approximate surface area is 119 Å². The SMILES string of the molecule is O=S1(=O)CCCC(Cc2noc(C3CCCNC3)n2)C1. The fourth-order valence-corrected chi connectivity index (χ4v) is 4.89. The lowest BCUT2D eigenvalue weighted by molar-refractivity contribution is 0.319. The van der Waals surface area contributed by atoms with Crippen molar-refractivity contribution in [3.05, 3.63) is 11.7 Å². The summed E-state index contributed by atoms with van der Waals surface area (Å²) >= 11 is 0. The second-order valence-corrected chi connectivity index (χ2v) is 8.15. The van der Waals surface area contributed by atoms with E-state index in [0.717, 1.165) is 38.8 Å². The van der Waals surface area contributed by atoms with E-state index >= 15 is 0 Å². The van der Waals surface area contributed by atoms with Crippen LogP contribution in [0.3, 0.4) is 0 Å². The fourth-order valence-electron chi connectivity index (χ4n) is 3.12. The van der Waals surface area contributed by atoms with Crippen LogP contribution in [0.2, 0.25) is 0 Å². The number of piperidine rings is 1. The van der Waals surface area contributed by atoms with E-state index in [9.17, 15) is 8.42 Å². The Morgan fingerprint density at radius 1 is 1.30 bits per heavy atom. The third-order valence-electron chi connectivity index (χ3n) is 4.16. The van der Waals surface area contributed by atoms with Crippen LogP contribution in [-0.4, -0.2) is 43.2 Å². The molecular formula is C13H21N3O3S. The zero-order valence-electron chi connectivity index (χ0n) is 11.5. The molecule has 0 spiro atoms. The molecule has 6 nitrogen and oxygen atoms in total. The summed E-state index contributed by atoms with van der Waals surface area (Å²) in [6.07, 6.45) is 4.51. The summed E-state index contributed by atoms with van der Waals surface area (Å²) in [7, 11) is -2.86. The van der Waals surface area contributed by atoms with Gasteiger partial charge in [-0.2, -0.15) is 4.98 Å². The molecule has 2 unspecified atom stereocenters. The molecule has 1 aromatic rings. The molecule has 0 radical (unpaired) electrons. The minimum absolute atomic E-state index is 0.142. The van der Waals surface area contributed by atoms with Crippen molar-refractivity contribution < 1.29 is 12.9 Å². The van der Waals surface area contributed by atoms with Crippen LogP contribution in [0.15, 0.2) is 4.52 Å². The number of hydrogen-bond acceptors (Lipinski definition) is 6. The fraction of sp³-hybridized carbons (Fsp3) is 0.846. The Kier molecular flexibility index (Phi) is 4.07. The highest BCUT2D eigenvalue weighted by Gasteiger charge is 2.27. The first-order valence-electron chi connectivity index (χ1n) is 7.36. The smallest absolute Gasteiger partial charge is 0.231 e. The molecule has 2 aliphatic heterocycles. The van der Waals surface area contributed by atoms with Gasteiger partial charge >= 0.3 is 0 Å². The maximum Gasteiger partial charge on any atom is 0.231 e. The lowest BCUT2D eigenvalue weighted by Crippen LogP contribution is -2.28. The van der Waals surface area contributed by atoms with Crippen molar-refractivity contribution in [2.45, 2.75) is 38.0 Å². The summed E-state index contributed by atoms with van der Waals surface area (Å²) in [5.41, 5.74) is 0. The van der Waals surface area contributed by atoms with Gasteiger partial charge in [0.2, 0.25) is 5.89 Å². The van der Waals surface area contributed by atoms with Gasteiger partial charge in [0.25, 0.3) is 0 Å². The molecule has 2 fully saturated rings. The van der Waals surface area contributed by atoms with Gasteiger partial charge in [-0.25, -0.2) is 8.42 Å². The normalized spacial score (nSPS) is 30.2. The van der Waals surface area contributed by atoms with E-state index in [4.69, 9.17) is 4.52 Å². The average molecular weight is 299 g/mol. The molecule has 20 heavy (non-hydrogen) atoms. The summed E-state index contributed by atoms with van der Waals surface area (Å²) < 4.78 is 28.6. The highest BCUT2D eigenvalue weighted by atomic mass is 32.2. The molecular weight excluding hydrogens is 278 g/mol. The zero-order chi connectivity index (χ0) is 14.0. The van der Waals surface area contributed by atoms with E-state index in [1.807, 2.05) is 0 Å². The monoisotopic (exact) mass is 299 g/mol. The third kappa shape index (κ3) is 3.38. The highest BCUT2D eigenvalue weighted by Crippen LogP contribution is 2.24. The van der Waals surface area contributed by atoms with E-state index < -0.39 is 9.84 Å². The third-order valence-corrected chi connectivity index (χ3v) is 6.05. The molecule has 0 bridgehead atoms. The Morgan fingerprint density at radius 2 is 2.20 bits per heavy atom. The Balaban J connectivity index is 1.62. The number of aromatic nitrogens is 2. The minimum atomic E-state index is -2.86. The Bertz CT molecular complexity index is 549. The van der Waals surface area contributed by atoms with E-state index in [1.165, 1.54) is 0 Å². The van der Waals surface area contributed by atoms with Gasteiger partial charge in [-0.05, 0) is 38.1 Å². The average Bonchev–Trinajstić information content (AvgIpc) is 2.87. The molecule has 0 aromatic carbocycles. The number of rotatable bonds is 3. The molecule has 0 amide bonds. The highest BCUT2D eigenvalue weighted by molar-refractivity contribution is 7.91. The molecule has 1 N–H and O–H groups in total. The van der Waals surface area contributed by atoms with Gasteiger partial charge in [0.1, 0.15) is 0 Å². The van der Waals surface area contributed by atoms with Crippen molar-refractivity contribution in [2.75, 3.05) is 24.6 Å². The van der Waals surface area contributed by atoms with Crippen LogP contribution in [0, 0.1) is 5.92 Å². The van der Waals surface area contributed by atoms with Gasteiger partial charge in [0.05, 0.1) is 17.4 Å². The zero-order valence-corrected chi connectivity index (χ0v) is 12.4. The lowest BCUT2D eigenvalue weighted by atomic mass is 9.99. The number of nitrogens with zero attached hydrogens (tertiary/aromatic N) is 2. The molecule has 2 atom stereocenters. The number of nitrogens with one attached hydrogen (secondary N) is 1. The maximum absolute atomic E-state index is 11.6. The van der Waals surface area contributed by atoms with Crippen LogP contribution < -0.4 is 5.32 Å². The largest absolute Gasteiger partial charge is 0.339 e. The number of hydrogen-bond donors (Lipinski definition) is 1. The second kappa shape index (κ2) is 5.81. The standard InChI is InChI=1S/C13H21N3O3S/c17-20(18)6-2-3-10(9-20)7-12-15-13(19-16-12)11-4-1-5-14-8-11/h10-11,14H,1-9H2. The van der Waals surface area contributed by atoms with E-state index in [-0.39, 0.29) is 11.7 Å². The van der Waals surface area contributed by atoms with Crippen molar-refractivity contribution in [1.29, 1.82) is 0 Å². The van der Waals surface area contributed by atoms with Crippen molar-refractivity contribution in [2.24, 2.45) is 5.92 Å². The Morgan fingerprint density at radius 3 is 2.95 bits per heavy atom. The van der Waals surface area contributed by atoms with Gasteiger partial charge in [0.15, 0.2) is 15.7 Å². The van der Waals surface area contributed by atoms with Crippen LogP contribution in [0.1, 0.15) is 43.3 Å². The second-order valence-electron chi connectivity index (χ2n) is 5.92. The van der Waals surface area contributed by atoms with Crippen molar-refractivity contribution in [1.82, 2.24) is 15.5 Å². The van der Waals surface area contributed by atoms with Gasteiger partial charge in [-0.1, -0.05) is 5.16 Å². The van der Waals surface area contributed by atoms with Crippen molar-refractivity contribution in [3.8, 4) is 0 Å². The van der Waals surface area contributed by atoms with Gasteiger partial charge < -0.3 is 9.84 Å². The van der Waals surface area contributed by atoms with E-state index in [0.29, 0.717) is 29.8 Å². The maximum atomic E-state index is 11.6. The van der Waals surface area contributed by atoms with E-state index in [2.05, 4.69) is 15.5 Å². The predicted molar refractivity (Wildman–Crippen MR) is 74.2 cm³/mol. The van der Waals surface area contributed by atoms with Crippen LogP contribution in [-0.2, 0) is 16.3 Å². The van der Waals surface area contributed by atoms with Crippen molar-refractivity contribution >= 4 is 9.84 Å². The van der Waals surface area contributed by atoms with Crippen LogP contribution in [0.25, 0.3) is 0 Å². The molecule has 3 heterocycles. The first kappa shape index (κ1) is 14.0. The predicted octanol–water partition coefficient (Wildman–Crippen LogP) is 0.904. The quantitative estimate of drug-likeness (QED) is 0.892. The van der Waals surface area contributed by atoms with Crippen LogP contribution >= 0.6 is 0 Å². The van der Waals surface area contributed by atoms with Crippen molar-refractivity contribution in [3.63, 3.8) is 0 Å². The summed E-state index contributed by atoms with van der Waals surface area (Å²) in [4.78, 5) is 4.46. The molecule has 112 valence electrons. The van der Waals surface area contributed by atoms with Crippen LogP contribution in [0.4, 0.5) is 0 Å². The minimum Gasteiger partial charge on any atom is -0.339 e. The summed E-state index contributed by atoms with van der Waals surface area (Å²) in [5.74, 6) is 2.40. The van der Waals surface area contributed by atoms with Gasteiger partial charge in [0, 0.05) is 13.0 Å². The summed E-state index contributed by atoms with van der Waals surface area (Å²) in [5, 5.41) is 7.35. The summed E-state index contributed by atoms with van der Waals surface area (Å²) in [6, 6.07) is 0. The first-order valence-corrected chi connectivity index (χ1v) is 9.18.